The predicted molar refractivity (Wildman–Crippen MR) is 99.8 cm³/mol. The minimum absolute atomic E-state index is 0.615. The molecule has 0 aromatic rings. The fourth-order valence-electron chi connectivity index (χ4n) is 2.34. The van der Waals surface area contributed by atoms with Crippen molar-refractivity contribution < 1.29 is 18.9 Å². The van der Waals surface area contributed by atoms with E-state index < -0.39 is 0 Å². The van der Waals surface area contributed by atoms with Crippen molar-refractivity contribution in [2.75, 3.05) is 66.4 Å². The number of hydrogen-bond acceptors (Lipinski definition) is 5. The van der Waals surface area contributed by atoms with Crippen LogP contribution in [0.2, 0.25) is 0 Å². The van der Waals surface area contributed by atoms with Crippen LogP contribution in [-0.4, -0.2) is 66.4 Å². The monoisotopic (exact) mass is 347 g/mol. The maximum Gasteiger partial charge on any atom is 0.0701 e. The van der Waals surface area contributed by atoms with Crippen LogP contribution in [0.4, 0.5) is 0 Å². The molecule has 0 spiro atoms. The molecule has 0 saturated carbocycles. The minimum Gasteiger partial charge on any atom is -0.382 e. The Bertz CT molecular complexity index is 196. The molecule has 0 amide bonds. The van der Waals surface area contributed by atoms with E-state index in [1.807, 2.05) is 0 Å². The molecule has 5 heteroatoms. The first-order valence-corrected chi connectivity index (χ1v) is 9.84. The maximum absolute atomic E-state index is 5.51. The topological polar surface area (TPSA) is 49.0 Å². The van der Waals surface area contributed by atoms with E-state index in [0.29, 0.717) is 39.6 Å². The summed E-state index contributed by atoms with van der Waals surface area (Å²) in [6, 6.07) is 0. The number of hydrogen-bond donors (Lipinski definition) is 1. The second kappa shape index (κ2) is 22.8. The summed E-state index contributed by atoms with van der Waals surface area (Å²) in [4.78, 5) is 0. The summed E-state index contributed by atoms with van der Waals surface area (Å²) in [5.74, 6) is 0. The molecule has 0 atom stereocenters. The average Bonchev–Trinajstić information content (AvgIpc) is 2.60. The molecule has 0 aliphatic heterocycles. The molecule has 0 aromatic carbocycles. The van der Waals surface area contributed by atoms with Crippen molar-refractivity contribution in [1.82, 2.24) is 5.32 Å². The zero-order chi connectivity index (χ0) is 17.6. The standard InChI is InChI=1S/C19H41NO4/c1-3-4-5-6-7-8-9-10-11-20-12-13-22-16-17-24-19-18-23-15-14-21-2/h20H,3-19H2,1-2H3. The lowest BCUT2D eigenvalue weighted by atomic mass is 10.1. The Kier molecular flexibility index (Phi) is 22.6. The minimum atomic E-state index is 0.615. The molecule has 0 bridgehead atoms. The molecule has 0 fully saturated rings. The van der Waals surface area contributed by atoms with Crippen LogP contribution in [0.15, 0.2) is 0 Å². The lowest BCUT2D eigenvalue weighted by molar-refractivity contribution is 0.00411. The average molecular weight is 348 g/mol. The summed E-state index contributed by atoms with van der Waals surface area (Å²) in [5.41, 5.74) is 0. The van der Waals surface area contributed by atoms with Crippen LogP contribution in [0.1, 0.15) is 58.3 Å². The van der Waals surface area contributed by atoms with E-state index in [9.17, 15) is 0 Å². The smallest absolute Gasteiger partial charge is 0.0701 e. The predicted octanol–water partition coefficient (Wildman–Crippen LogP) is 3.41. The van der Waals surface area contributed by atoms with Crippen molar-refractivity contribution in [2.45, 2.75) is 58.3 Å². The van der Waals surface area contributed by atoms with Gasteiger partial charge in [-0.3, -0.25) is 0 Å². The molecule has 0 aliphatic carbocycles. The molecule has 1 N–H and O–H groups in total. The second-order valence-electron chi connectivity index (χ2n) is 6.05. The molecule has 0 radical (unpaired) electrons. The van der Waals surface area contributed by atoms with Gasteiger partial charge >= 0.3 is 0 Å². The van der Waals surface area contributed by atoms with Gasteiger partial charge in [0.15, 0.2) is 0 Å². The van der Waals surface area contributed by atoms with E-state index in [0.717, 1.165) is 19.7 Å². The van der Waals surface area contributed by atoms with E-state index in [1.165, 1.54) is 51.4 Å². The largest absolute Gasteiger partial charge is 0.382 e. The second-order valence-corrected chi connectivity index (χ2v) is 6.05. The van der Waals surface area contributed by atoms with Crippen LogP contribution in [0.5, 0.6) is 0 Å². The van der Waals surface area contributed by atoms with Gasteiger partial charge in [-0.05, 0) is 13.0 Å². The van der Waals surface area contributed by atoms with Gasteiger partial charge in [-0.15, -0.1) is 0 Å². The molecule has 0 aliphatic rings. The van der Waals surface area contributed by atoms with Crippen molar-refractivity contribution in [3.63, 3.8) is 0 Å². The van der Waals surface area contributed by atoms with Crippen molar-refractivity contribution in [3.05, 3.63) is 0 Å². The number of methoxy groups -OCH3 is 1. The van der Waals surface area contributed by atoms with E-state index in [-0.39, 0.29) is 0 Å². The van der Waals surface area contributed by atoms with Crippen LogP contribution in [0.3, 0.4) is 0 Å². The number of rotatable bonds is 21. The van der Waals surface area contributed by atoms with Crippen LogP contribution in [-0.2, 0) is 18.9 Å². The van der Waals surface area contributed by atoms with Crippen LogP contribution >= 0.6 is 0 Å². The fourth-order valence-corrected chi connectivity index (χ4v) is 2.34. The molecule has 0 saturated heterocycles. The van der Waals surface area contributed by atoms with E-state index >= 15 is 0 Å². The quantitative estimate of drug-likeness (QED) is 0.322. The van der Waals surface area contributed by atoms with Crippen LogP contribution in [0, 0.1) is 0 Å². The molecule has 0 unspecified atom stereocenters. The highest BCUT2D eigenvalue weighted by atomic mass is 16.6. The third-order valence-electron chi connectivity index (χ3n) is 3.81. The first-order chi connectivity index (χ1) is 11.9. The summed E-state index contributed by atoms with van der Waals surface area (Å²) >= 11 is 0. The van der Waals surface area contributed by atoms with E-state index in [1.54, 1.807) is 7.11 Å². The molecule has 0 rings (SSSR count). The Hall–Kier alpha value is -0.200. The Morgan fingerprint density at radius 2 is 1.04 bits per heavy atom. The van der Waals surface area contributed by atoms with Gasteiger partial charge in [0.25, 0.3) is 0 Å². The van der Waals surface area contributed by atoms with Crippen molar-refractivity contribution in [1.29, 1.82) is 0 Å². The Morgan fingerprint density at radius 3 is 1.62 bits per heavy atom. The normalized spacial score (nSPS) is 11.2. The molecule has 0 aromatic heterocycles. The maximum atomic E-state index is 5.51. The summed E-state index contributed by atoms with van der Waals surface area (Å²) in [6.07, 6.45) is 11.0. The lowest BCUT2D eigenvalue weighted by Crippen LogP contribution is -2.21. The summed E-state index contributed by atoms with van der Waals surface area (Å²) < 4.78 is 21.1. The first-order valence-electron chi connectivity index (χ1n) is 9.84. The third kappa shape index (κ3) is 21.8. The molecular formula is C19H41NO4. The van der Waals surface area contributed by atoms with E-state index in [4.69, 9.17) is 18.9 Å². The van der Waals surface area contributed by atoms with Gasteiger partial charge in [0.05, 0.1) is 46.2 Å². The Balaban J connectivity index is 2.93. The molecule has 146 valence electrons. The first kappa shape index (κ1) is 23.8. The van der Waals surface area contributed by atoms with Gasteiger partial charge in [-0.2, -0.15) is 0 Å². The highest BCUT2D eigenvalue weighted by Crippen LogP contribution is 2.07. The van der Waals surface area contributed by atoms with Crippen LogP contribution < -0.4 is 5.32 Å². The molecule has 0 heterocycles. The van der Waals surface area contributed by atoms with Crippen LogP contribution in [0.25, 0.3) is 0 Å². The lowest BCUT2D eigenvalue weighted by Gasteiger charge is -2.07. The zero-order valence-corrected chi connectivity index (χ0v) is 16.2. The Labute approximate surface area is 149 Å². The highest BCUT2D eigenvalue weighted by Gasteiger charge is 1.93. The van der Waals surface area contributed by atoms with E-state index in [2.05, 4.69) is 12.2 Å². The Morgan fingerprint density at radius 1 is 0.542 bits per heavy atom. The zero-order valence-electron chi connectivity index (χ0n) is 16.2. The third-order valence-corrected chi connectivity index (χ3v) is 3.81. The van der Waals surface area contributed by atoms with Crippen molar-refractivity contribution >= 4 is 0 Å². The molecule has 24 heavy (non-hydrogen) atoms. The summed E-state index contributed by atoms with van der Waals surface area (Å²) in [5, 5.41) is 3.43. The van der Waals surface area contributed by atoms with Crippen molar-refractivity contribution in [3.8, 4) is 0 Å². The summed E-state index contributed by atoms with van der Waals surface area (Å²) in [6.45, 7) is 8.82. The van der Waals surface area contributed by atoms with Gasteiger partial charge in [-0.1, -0.05) is 51.9 Å². The van der Waals surface area contributed by atoms with Gasteiger partial charge in [0.2, 0.25) is 0 Å². The molecule has 5 nitrogen and oxygen atoms in total. The number of unbranched alkanes of at least 4 members (excludes halogenated alkanes) is 7. The SMILES string of the molecule is CCCCCCCCCCNCCOCCOCCOCCOC. The highest BCUT2D eigenvalue weighted by molar-refractivity contribution is 4.50. The van der Waals surface area contributed by atoms with Crippen molar-refractivity contribution in [2.24, 2.45) is 0 Å². The fraction of sp³-hybridized carbons (Fsp3) is 1.00. The van der Waals surface area contributed by atoms with Gasteiger partial charge < -0.3 is 24.3 Å². The van der Waals surface area contributed by atoms with Gasteiger partial charge in [-0.25, -0.2) is 0 Å². The summed E-state index contributed by atoms with van der Waals surface area (Å²) in [7, 11) is 1.67. The van der Waals surface area contributed by atoms with Gasteiger partial charge in [0.1, 0.15) is 0 Å². The van der Waals surface area contributed by atoms with Gasteiger partial charge in [0, 0.05) is 13.7 Å². The number of ether oxygens (including phenoxy) is 4. The molecular weight excluding hydrogens is 306 g/mol. The number of nitrogens with one attached hydrogen (secondary N) is 1.